The highest BCUT2D eigenvalue weighted by atomic mass is 16.5. The zero-order valence-electron chi connectivity index (χ0n) is 14.3. The van der Waals surface area contributed by atoms with Gasteiger partial charge in [-0.15, -0.1) is 0 Å². The average molecular weight is 344 g/mol. The van der Waals surface area contributed by atoms with Gasteiger partial charge in [-0.25, -0.2) is 24.8 Å². The molecule has 4 N–H and O–H groups in total. The Labute approximate surface area is 143 Å². The van der Waals surface area contributed by atoms with Crippen LogP contribution in [0.2, 0.25) is 0 Å². The maximum Gasteiger partial charge on any atom is 0.236 e. The summed E-state index contributed by atoms with van der Waals surface area (Å²) in [4.78, 5) is 8.91. The average Bonchev–Trinajstić information content (AvgIpc) is 3.27. The van der Waals surface area contributed by atoms with E-state index >= 15 is 0 Å². The van der Waals surface area contributed by atoms with Gasteiger partial charge in [-0.3, -0.25) is 15.2 Å². The molecule has 0 spiro atoms. The van der Waals surface area contributed by atoms with Gasteiger partial charge in [-0.2, -0.15) is 0 Å². The molecule has 10 heteroatoms. The summed E-state index contributed by atoms with van der Waals surface area (Å²) in [6.45, 7) is 6.72. The number of fused-ring (bicyclic) bond motifs is 2. The van der Waals surface area contributed by atoms with Gasteiger partial charge in [0.25, 0.3) is 0 Å². The van der Waals surface area contributed by atoms with Crippen molar-refractivity contribution in [3.05, 3.63) is 24.3 Å². The van der Waals surface area contributed by atoms with Crippen LogP contribution in [0.4, 0.5) is 11.4 Å². The lowest BCUT2D eigenvalue weighted by Gasteiger charge is -2.18. The number of aromatic nitrogens is 6. The van der Waals surface area contributed by atoms with E-state index in [1.54, 1.807) is 21.4 Å². The Kier molecular flexibility index (Phi) is 3.53. The molecule has 132 valence electrons. The van der Waals surface area contributed by atoms with Crippen molar-refractivity contribution in [3.63, 3.8) is 0 Å². The van der Waals surface area contributed by atoms with Gasteiger partial charge in [0.2, 0.25) is 11.8 Å². The molecule has 0 unspecified atom stereocenters. The van der Waals surface area contributed by atoms with Crippen molar-refractivity contribution in [3.8, 4) is 11.8 Å². The molecular weight excluding hydrogens is 324 g/mol. The van der Waals surface area contributed by atoms with Gasteiger partial charge in [0, 0.05) is 12.4 Å². The topological polar surface area (TPSA) is 114 Å². The van der Waals surface area contributed by atoms with Crippen LogP contribution in [0.25, 0.3) is 11.3 Å². The Morgan fingerprint density at radius 3 is 2.40 bits per heavy atom. The van der Waals surface area contributed by atoms with Gasteiger partial charge in [0.1, 0.15) is 0 Å². The van der Waals surface area contributed by atoms with Crippen molar-refractivity contribution in [1.29, 1.82) is 0 Å². The van der Waals surface area contributed by atoms with E-state index in [0.717, 1.165) is 5.69 Å². The first-order valence-electron chi connectivity index (χ1n) is 8.07. The second-order valence-electron chi connectivity index (χ2n) is 5.51. The SMILES string of the molecule is CCOc1[nH]n2ccnc2c1N(N)c1c(OCC)[nH]n2cc(C)nc12. The second kappa shape index (κ2) is 5.74. The number of rotatable bonds is 6. The first-order chi connectivity index (χ1) is 12.1. The number of hydrazine groups is 1. The van der Waals surface area contributed by atoms with Crippen LogP contribution in [0.15, 0.2) is 18.6 Å². The lowest BCUT2D eigenvalue weighted by Crippen LogP contribution is -2.26. The van der Waals surface area contributed by atoms with Crippen molar-refractivity contribution in [2.45, 2.75) is 20.8 Å². The van der Waals surface area contributed by atoms with Crippen LogP contribution in [0, 0.1) is 6.92 Å². The molecule has 0 radical (unpaired) electrons. The van der Waals surface area contributed by atoms with Crippen molar-refractivity contribution >= 4 is 22.7 Å². The molecule has 0 atom stereocenters. The van der Waals surface area contributed by atoms with Gasteiger partial charge in [-0.05, 0) is 20.8 Å². The molecule has 0 aromatic carbocycles. The fourth-order valence-electron chi connectivity index (χ4n) is 2.88. The van der Waals surface area contributed by atoms with Crippen LogP contribution in [0.3, 0.4) is 0 Å². The maximum atomic E-state index is 6.49. The van der Waals surface area contributed by atoms with E-state index in [4.69, 9.17) is 15.3 Å². The predicted molar refractivity (Wildman–Crippen MR) is 92.5 cm³/mol. The number of hydrogen-bond acceptors (Lipinski definition) is 6. The number of nitrogens with two attached hydrogens (primary N) is 1. The summed E-state index contributed by atoms with van der Waals surface area (Å²) in [5.41, 5.74) is 3.40. The zero-order chi connectivity index (χ0) is 17.6. The fraction of sp³-hybridized carbons (Fsp3) is 0.333. The van der Waals surface area contributed by atoms with Gasteiger partial charge in [0.05, 0.1) is 25.1 Å². The second-order valence-corrected chi connectivity index (χ2v) is 5.51. The van der Waals surface area contributed by atoms with E-state index in [1.807, 2.05) is 27.0 Å². The van der Waals surface area contributed by atoms with Gasteiger partial charge in [-0.1, -0.05) is 0 Å². The molecule has 0 bridgehead atoms. The van der Waals surface area contributed by atoms with Gasteiger partial charge in [0.15, 0.2) is 22.7 Å². The summed E-state index contributed by atoms with van der Waals surface area (Å²) in [5.74, 6) is 7.55. The van der Waals surface area contributed by atoms with Crippen molar-refractivity contribution < 1.29 is 9.47 Å². The standard InChI is InChI=1S/C15H20N8O2/c1-4-24-14-10(12-17-6-7-21(12)19-14)23(16)11-13-18-9(3)8-22(13)20-15(11)25-5-2/h6-8,19-20H,4-5,16H2,1-3H3. The van der Waals surface area contributed by atoms with Crippen molar-refractivity contribution in [2.75, 3.05) is 18.2 Å². The molecule has 0 aliphatic heterocycles. The van der Waals surface area contributed by atoms with Crippen molar-refractivity contribution in [2.24, 2.45) is 5.84 Å². The number of imidazole rings is 2. The molecular formula is C15H20N8O2. The Hall–Kier alpha value is -3.14. The van der Waals surface area contributed by atoms with Crippen LogP contribution in [0.5, 0.6) is 11.8 Å². The molecule has 0 amide bonds. The van der Waals surface area contributed by atoms with Crippen LogP contribution in [-0.2, 0) is 0 Å². The molecule has 10 nitrogen and oxygen atoms in total. The first-order valence-corrected chi connectivity index (χ1v) is 8.07. The minimum absolute atomic E-state index is 0.494. The molecule has 0 saturated heterocycles. The summed E-state index contributed by atoms with van der Waals surface area (Å²) >= 11 is 0. The number of anilines is 2. The molecule has 4 heterocycles. The summed E-state index contributed by atoms with van der Waals surface area (Å²) in [7, 11) is 0. The smallest absolute Gasteiger partial charge is 0.236 e. The third-order valence-electron chi connectivity index (χ3n) is 3.82. The third kappa shape index (κ3) is 2.30. The molecule has 0 fully saturated rings. The summed E-state index contributed by atoms with van der Waals surface area (Å²) in [6.07, 6.45) is 5.36. The quantitative estimate of drug-likeness (QED) is 0.363. The molecule has 4 rings (SSSR count). The molecule has 4 aromatic heterocycles. The zero-order valence-corrected chi connectivity index (χ0v) is 14.3. The molecule has 0 aliphatic carbocycles. The summed E-state index contributed by atoms with van der Waals surface area (Å²) < 4.78 is 15.0. The van der Waals surface area contributed by atoms with E-state index < -0.39 is 0 Å². The van der Waals surface area contributed by atoms with E-state index in [2.05, 4.69) is 20.2 Å². The fourth-order valence-corrected chi connectivity index (χ4v) is 2.88. The van der Waals surface area contributed by atoms with Crippen LogP contribution < -0.4 is 20.3 Å². The number of hydrogen-bond donors (Lipinski definition) is 3. The van der Waals surface area contributed by atoms with E-state index in [9.17, 15) is 0 Å². The highest BCUT2D eigenvalue weighted by molar-refractivity contribution is 5.87. The minimum Gasteiger partial charge on any atom is -0.477 e. The first kappa shape index (κ1) is 15.4. The van der Waals surface area contributed by atoms with Crippen LogP contribution in [-0.4, -0.2) is 42.4 Å². The Morgan fingerprint density at radius 2 is 1.72 bits per heavy atom. The summed E-state index contributed by atoms with van der Waals surface area (Å²) in [5, 5.41) is 7.77. The number of nitrogens with zero attached hydrogens (tertiary/aromatic N) is 5. The summed E-state index contributed by atoms with van der Waals surface area (Å²) in [6, 6.07) is 0. The number of nitrogens with one attached hydrogen (secondary N) is 2. The molecule has 4 aromatic rings. The maximum absolute atomic E-state index is 6.49. The van der Waals surface area contributed by atoms with E-state index in [-0.39, 0.29) is 0 Å². The van der Waals surface area contributed by atoms with E-state index in [1.165, 1.54) is 5.01 Å². The van der Waals surface area contributed by atoms with Gasteiger partial charge < -0.3 is 9.47 Å². The Bertz CT molecular complexity index is 1020. The van der Waals surface area contributed by atoms with Crippen LogP contribution in [0.1, 0.15) is 19.5 Å². The Balaban J connectivity index is 1.92. The van der Waals surface area contributed by atoms with E-state index in [0.29, 0.717) is 47.6 Å². The number of aromatic amines is 2. The number of H-pyrrole nitrogens is 2. The number of aryl methyl sites for hydroxylation is 1. The largest absolute Gasteiger partial charge is 0.477 e. The Morgan fingerprint density at radius 1 is 1.08 bits per heavy atom. The highest BCUT2D eigenvalue weighted by Gasteiger charge is 2.27. The normalized spacial score (nSPS) is 11.5. The molecule has 0 aliphatic rings. The lowest BCUT2D eigenvalue weighted by atomic mass is 10.4. The minimum atomic E-state index is 0.494. The lowest BCUT2D eigenvalue weighted by molar-refractivity contribution is 0.323. The monoisotopic (exact) mass is 344 g/mol. The third-order valence-corrected chi connectivity index (χ3v) is 3.82. The molecule has 25 heavy (non-hydrogen) atoms. The van der Waals surface area contributed by atoms with Crippen molar-refractivity contribution in [1.82, 2.24) is 29.2 Å². The van der Waals surface area contributed by atoms with Crippen LogP contribution >= 0.6 is 0 Å². The van der Waals surface area contributed by atoms with Gasteiger partial charge >= 0.3 is 0 Å². The predicted octanol–water partition coefficient (Wildman–Crippen LogP) is 1.76. The molecule has 0 saturated carbocycles. The number of ether oxygens (including phenoxy) is 2. The highest BCUT2D eigenvalue weighted by Crippen LogP contribution is 2.40.